The minimum absolute atomic E-state index is 0.00935. The zero-order chi connectivity index (χ0) is 17.5. The molecule has 24 heavy (non-hydrogen) atoms. The van der Waals surface area contributed by atoms with Crippen LogP contribution in [0.15, 0.2) is 47.6 Å². The number of nitro groups is 1. The number of aryl methyl sites for hydroxylation is 2. The van der Waals surface area contributed by atoms with Crippen molar-refractivity contribution in [1.29, 1.82) is 0 Å². The van der Waals surface area contributed by atoms with Crippen LogP contribution >= 0.6 is 0 Å². The Morgan fingerprint density at radius 2 is 1.96 bits per heavy atom. The number of nitrogens with one attached hydrogen (secondary N) is 1. The van der Waals surface area contributed by atoms with E-state index in [1.165, 1.54) is 12.1 Å². The molecule has 0 bridgehead atoms. The van der Waals surface area contributed by atoms with Crippen LogP contribution in [-0.2, 0) is 16.2 Å². The fourth-order valence-electron chi connectivity index (χ4n) is 2.03. The van der Waals surface area contributed by atoms with E-state index in [9.17, 15) is 14.9 Å². The Kier molecular flexibility index (Phi) is 5.62. The van der Waals surface area contributed by atoms with Gasteiger partial charge in [0.05, 0.1) is 4.92 Å². The molecule has 2 aromatic carbocycles. The highest BCUT2D eigenvalue weighted by molar-refractivity contribution is 6.31. The van der Waals surface area contributed by atoms with Gasteiger partial charge in [-0.2, -0.15) is 0 Å². The van der Waals surface area contributed by atoms with Crippen LogP contribution in [0.5, 0.6) is 0 Å². The van der Waals surface area contributed by atoms with E-state index in [1.807, 2.05) is 32.0 Å². The van der Waals surface area contributed by atoms with Crippen LogP contribution in [0, 0.1) is 24.0 Å². The molecule has 0 fully saturated rings. The molecular weight excluding hydrogens is 310 g/mol. The molecule has 1 amide bonds. The Labute approximate surface area is 139 Å². The van der Waals surface area contributed by atoms with Crippen molar-refractivity contribution >= 4 is 23.5 Å². The normalized spacial score (nSPS) is 10.6. The molecule has 0 atom stereocenters. The molecule has 0 aliphatic heterocycles. The maximum absolute atomic E-state index is 11.8. The first-order chi connectivity index (χ1) is 11.5. The predicted octanol–water partition coefficient (Wildman–Crippen LogP) is 3.35. The molecule has 1 N–H and O–H groups in total. The van der Waals surface area contributed by atoms with Crippen LogP contribution in [0.4, 0.5) is 11.4 Å². The summed E-state index contributed by atoms with van der Waals surface area (Å²) in [4.78, 5) is 26.9. The third-order valence-corrected chi connectivity index (χ3v) is 3.26. The van der Waals surface area contributed by atoms with Crippen molar-refractivity contribution < 1.29 is 14.6 Å². The molecule has 0 aliphatic rings. The fraction of sp³-hybridized carbons (Fsp3) is 0.176. The largest absolute Gasteiger partial charge is 0.391 e. The quantitative estimate of drug-likeness (QED) is 0.500. The molecule has 0 aliphatic carbocycles. The van der Waals surface area contributed by atoms with E-state index < -0.39 is 10.8 Å². The zero-order valence-electron chi connectivity index (χ0n) is 13.4. The van der Waals surface area contributed by atoms with Gasteiger partial charge in [0.15, 0.2) is 0 Å². The second-order valence-electron chi connectivity index (χ2n) is 5.24. The van der Waals surface area contributed by atoms with Gasteiger partial charge >= 0.3 is 0 Å². The number of carbonyl (C=O) groups excluding carboxylic acids is 1. The number of rotatable bonds is 6. The van der Waals surface area contributed by atoms with Crippen LogP contribution in [0.1, 0.15) is 16.7 Å². The number of hydrogen-bond acceptors (Lipinski definition) is 5. The summed E-state index contributed by atoms with van der Waals surface area (Å²) in [5.74, 6) is -0.398. The Morgan fingerprint density at radius 3 is 2.58 bits per heavy atom. The van der Waals surface area contributed by atoms with Gasteiger partial charge < -0.3 is 10.2 Å². The summed E-state index contributed by atoms with van der Waals surface area (Å²) in [6, 6.07) is 11.6. The van der Waals surface area contributed by atoms with Gasteiger partial charge in [-0.1, -0.05) is 22.9 Å². The number of oxime groups is 1. The monoisotopic (exact) mass is 327 g/mol. The Bertz CT molecular complexity index is 770. The lowest BCUT2D eigenvalue weighted by atomic mass is 10.1. The molecule has 0 radical (unpaired) electrons. The van der Waals surface area contributed by atoms with Gasteiger partial charge in [-0.15, -0.1) is 0 Å². The molecule has 0 saturated carbocycles. The van der Waals surface area contributed by atoms with Gasteiger partial charge in [-0.3, -0.25) is 14.9 Å². The summed E-state index contributed by atoms with van der Waals surface area (Å²) in [6.45, 7) is 4.00. The number of anilines is 1. The number of non-ortho nitro benzene ring substituents is 1. The van der Waals surface area contributed by atoms with E-state index in [-0.39, 0.29) is 12.3 Å². The average Bonchev–Trinajstić information content (AvgIpc) is 2.55. The van der Waals surface area contributed by atoms with E-state index in [1.54, 1.807) is 12.1 Å². The highest BCUT2D eigenvalue weighted by atomic mass is 16.6. The summed E-state index contributed by atoms with van der Waals surface area (Å²) in [6.07, 6.45) is 1.05. The molecule has 124 valence electrons. The molecule has 0 saturated heterocycles. The number of amides is 1. The topological polar surface area (TPSA) is 93.8 Å². The van der Waals surface area contributed by atoms with Crippen LogP contribution in [0.2, 0.25) is 0 Å². The lowest BCUT2D eigenvalue weighted by molar-refractivity contribution is -0.384. The van der Waals surface area contributed by atoms with Crippen molar-refractivity contribution in [2.75, 3.05) is 5.32 Å². The van der Waals surface area contributed by atoms with E-state index in [0.717, 1.165) is 17.3 Å². The SMILES string of the molecule is Cc1ccc(NC(=O)/C=N/OCc2ccc([N+](=O)[O-])cc2)c(C)c1. The lowest BCUT2D eigenvalue weighted by Gasteiger charge is -2.06. The Hall–Kier alpha value is -3.22. The predicted molar refractivity (Wildman–Crippen MR) is 90.9 cm³/mol. The van der Waals surface area contributed by atoms with Crippen molar-refractivity contribution in [2.24, 2.45) is 5.16 Å². The molecule has 0 unspecified atom stereocenters. The van der Waals surface area contributed by atoms with E-state index in [2.05, 4.69) is 10.5 Å². The van der Waals surface area contributed by atoms with E-state index >= 15 is 0 Å². The number of nitrogens with zero attached hydrogens (tertiary/aromatic N) is 2. The molecule has 2 rings (SSSR count). The zero-order valence-corrected chi connectivity index (χ0v) is 13.4. The highest BCUT2D eigenvalue weighted by Gasteiger charge is 2.04. The third-order valence-electron chi connectivity index (χ3n) is 3.26. The van der Waals surface area contributed by atoms with Gasteiger partial charge in [0.1, 0.15) is 12.8 Å². The molecule has 0 aromatic heterocycles. The minimum atomic E-state index is -0.472. The number of nitro benzene ring substituents is 1. The molecule has 7 heteroatoms. The highest BCUT2D eigenvalue weighted by Crippen LogP contribution is 2.15. The van der Waals surface area contributed by atoms with Crippen LogP contribution in [0.25, 0.3) is 0 Å². The van der Waals surface area contributed by atoms with Gasteiger partial charge in [-0.25, -0.2) is 0 Å². The lowest BCUT2D eigenvalue weighted by Crippen LogP contribution is -2.13. The van der Waals surface area contributed by atoms with Gasteiger partial charge in [0, 0.05) is 17.8 Å². The van der Waals surface area contributed by atoms with Gasteiger partial charge in [-0.05, 0) is 43.2 Å². The van der Waals surface area contributed by atoms with Gasteiger partial charge in [0.25, 0.3) is 11.6 Å². The van der Waals surface area contributed by atoms with Crippen LogP contribution < -0.4 is 5.32 Å². The summed E-state index contributed by atoms with van der Waals surface area (Å²) in [7, 11) is 0. The first-order valence-electron chi connectivity index (χ1n) is 7.22. The van der Waals surface area contributed by atoms with Crippen molar-refractivity contribution in [1.82, 2.24) is 0 Å². The minimum Gasteiger partial charge on any atom is -0.391 e. The molecule has 0 heterocycles. The maximum Gasteiger partial charge on any atom is 0.270 e. The van der Waals surface area contributed by atoms with Gasteiger partial charge in [0.2, 0.25) is 0 Å². The Balaban J connectivity index is 1.83. The first-order valence-corrected chi connectivity index (χ1v) is 7.22. The first kappa shape index (κ1) is 17.1. The van der Waals surface area contributed by atoms with Crippen molar-refractivity contribution in [3.63, 3.8) is 0 Å². The molecule has 0 spiro atoms. The maximum atomic E-state index is 11.8. The smallest absolute Gasteiger partial charge is 0.270 e. The fourth-order valence-corrected chi connectivity index (χ4v) is 2.03. The summed E-state index contributed by atoms with van der Waals surface area (Å²) < 4.78 is 0. The number of benzene rings is 2. The second-order valence-corrected chi connectivity index (χ2v) is 5.24. The summed E-state index contributed by atoms with van der Waals surface area (Å²) in [5.41, 5.74) is 3.52. The van der Waals surface area contributed by atoms with Crippen LogP contribution in [-0.4, -0.2) is 17.0 Å². The summed E-state index contributed by atoms with van der Waals surface area (Å²) in [5, 5.41) is 16.9. The van der Waals surface area contributed by atoms with E-state index in [0.29, 0.717) is 11.3 Å². The Morgan fingerprint density at radius 1 is 1.25 bits per heavy atom. The van der Waals surface area contributed by atoms with E-state index in [4.69, 9.17) is 4.84 Å². The molecular formula is C17H17N3O4. The second kappa shape index (κ2) is 7.87. The van der Waals surface area contributed by atoms with Crippen LogP contribution in [0.3, 0.4) is 0 Å². The van der Waals surface area contributed by atoms with Crippen molar-refractivity contribution in [3.05, 3.63) is 69.3 Å². The average molecular weight is 327 g/mol. The van der Waals surface area contributed by atoms with Crippen molar-refractivity contribution in [3.8, 4) is 0 Å². The third kappa shape index (κ3) is 4.91. The molecule has 7 nitrogen and oxygen atoms in total. The standard InChI is InChI=1S/C17H17N3O4/c1-12-3-8-16(13(2)9-12)19-17(21)10-18-24-11-14-4-6-15(7-5-14)20(22)23/h3-10H,11H2,1-2H3,(H,19,21)/b18-10+. The molecule has 2 aromatic rings. The summed E-state index contributed by atoms with van der Waals surface area (Å²) >= 11 is 0. The number of hydrogen-bond donors (Lipinski definition) is 1. The number of carbonyl (C=O) groups is 1. The van der Waals surface area contributed by atoms with Crippen molar-refractivity contribution in [2.45, 2.75) is 20.5 Å².